The highest BCUT2D eigenvalue weighted by molar-refractivity contribution is 9.25. The third kappa shape index (κ3) is 2.62. The molecule has 22 heavy (non-hydrogen) atoms. The molecule has 9 heteroatoms. The van der Waals surface area contributed by atoms with Gasteiger partial charge in [0, 0.05) is 20.0 Å². The first kappa shape index (κ1) is 17.0. The maximum atomic E-state index is 12.6. The number of alkyl halides is 3. The van der Waals surface area contributed by atoms with Gasteiger partial charge < -0.3 is 9.80 Å². The minimum atomic E-state index is -1.03. The maximum absolute atomic E-state index is 12.6. The Labute approximate surface area is 159 Å². The van der Waals surface area contributed by atoms with E-state index < -0.39 is 14.1 Å². The number of rotatable bonds is 3. The zero-order valence-electron chi connectivity index (χ0n) is 11.5. The average molecular weight is 491 g/mol. The van der Waals surface area contributed by atoms with Crippen molar-refractivity contribution >= 4 is 83.2 Å². The molecule has 1 saturated carbocycles. The smallest absolute Gasteiger partial charge is 0.250 e. The molecule has 1 aromatic heterocycles. The van der Waals surface area contributed by atoms with Crippen molar-refractivity contribution in [2.45, 2.75) is 27.0 Å². The molecule has 2 atom stereocenters. The number of anilines is 1. The molecule has 0 N–H and O–H groups in total. The molecule has 120 valence electrons. The predicted molar refractivity (Wildman–Crippen MR) is 96.6 cm³/mol. The second-order valence-electron chi connectivity index (χ2n) is 5.47. The molecule has 0 spiro atoms. The lowest BCUT2D eigenvalue weighted by Gasteiger charge is -2.26. The number of thiophene rings is 1. The Morgan fingerprint density at radius 3 is 2.64 bits per heavy atom. The minimum Gasteiger partial charge on any atom is -0.332 e. The lowest BCUT2D eigenvalue weighted by molar-refractivity contribution is -0.136. The fraction of sp³-hybridized carbons (Fsp3) is 0.538. The summed E-state index contributed by atoms with van der Waals surface area (Å²) in [7, 11) is 1.63. The van der Waals surface area contributed by atoms with Gasteiger partial charge in [0.1, 0.15) is 9.28 Å². The average Bonchev–Trinajstić information content (AvgIpc) is 2.81. The molecule has 1 aromatic rings. The molecule has 0 aromatic carbocycles. The van der Waals surface area contributed by atoms with Gasteiger partial charge in [-0.2, -0.15) is 0 Å². The Bertz CT molecular complexity index is 654. The van der Waals surface area contributed by atoms with Gasteiger partial charge in [0.25, 0.3) is 0 Å². The predicted octanol–water partition coefficient (Wildman–Crippen LogP) is 3.83. The molecule has 1 aliphatic carbocycles. The van der Waals surface area contributed by atoms with Crippen molar-refractivity contribution in [1.29, 1.82) is 0 Å². The van der Waals surface area contributed by atoms with Gasteiger partial charge >= 0.3 is 0 Å². The number of nitrogens with zero attached hydrogens (tertiary/aromatic N) is 2. The summed E-state index contributed by atoms with van der Waals surface area (Å²) in [6, 6.07) is 3.10. The number of halogens is 4. The van der Waals surface area contributed by atoms with E-state index in [-0.39, 0.29) is 11.8 Å². The Morgan fingerprint density at radius 1 is 1.50 bits per heavy atom. The standard InChI is InChI=1S/C13H12Br2Cl2N2O2S/c1-18(11(21)12(17)6-13(12,14)15)7-4-5-19(10(7)20)9-3-2-8(16)22-9/h2-3,7H,4-6H2,1H3. The van der Waals surface area contributed by atoms with Crippen molar-refractivity contribution in [3.05, 3.63) is 16.5 Å². The lowest BCUT2D eigenvalue weighted by atomic mass is 10.2. The van der Waals surface area contributed by atoms with Gasteiger partial charge in [-0.3, -0.25) is 9.59 Å². The monoisotopic (exact) mass is 488 g/mol. The van der Waals surface area contributed by atoms with Crippen molar-refractivity contribution in [2.24, 2.45) is 0 Å². The summed E-state index contributed by atoms with van der Waals surface area (Å²) < 4.78 is 0.0550. The van der Waals surface area contributed by atoms with E-state index in [0.29, 0.717) is 23.7 Å². The molecule has 3 rings (SSSR count). The van der Waals surface area contributed by atoms with Crippen molar-refractivity contribution in [2.75, 3.05) is 18.5 Å². The highest BCUT2D eigenvalue weighted by Gasteiger charge is 2.70. The first-order valence-corrected chi connectivity index (χ1v) is 9.74. The zero-order valence-corrected chi connectivity index (χ0v) is 17.0. The van der Waals surface area contributed by atoms with Crippen LogP contribution in [0.25, 0.3) is 0 Å². The normalized spacial score (nSPS) is 29.8. The minimum absolute atomic E-state index is 0.0926. The van der Waals surface area contributed by atoms with Crippen LogP contribution in [0.1, 0.15) is 12.8 Å². The summed E-state index contributed by atoms with van der Waals surface area (Å²) in [5.74, 6) is -0.336. The molecule has 2 unspecified atom stereocenters. The third-order valence-electron chi connectivity index (χ3n) is 4.05. The van der Waals surface area contributed by atoms with Crippen LogP contribution in [0.3, 0.4) is 0 Å². The van der Waals surface area contributed by atoms with Crippen LogP contribution in [-0.2, 0) is 9.59 Å². The first-order valence-electron chi connectivity index (χ1n) is 6.58. The van der Waals surface area contributed by atoms with E-state index in [1.165, 1.54) is 16.2 Å². The third-order valence-corrected chi connectivity index (χ3v) is 8.29. The fourth-order valence-electron chi connectivity index (χ4n) is 2.61. The summed E-state index contributed by atoms with van der Waals surface area (Å²) in [6.45, 7) is 0.570. The van der Waals surface area contributed by atoms with Crippen LogP contribution in [-0.4, -0.2) is 44.5 Å². The number of hydrogen-bond acceptors (Lipinski definition) is 3. The van der Waals surface area contributed by atoms with Gasteiger partial charge in [-0.05, 0) is 18.6 Å². The van der Waals surface area contributed by atoms with Gasteiger partial charge in [0.05, 0.1) is 9.34 Å². The molecule has 0 bridgehead atoms. The molecule has 1 aliphatic heterocycles. The molecule has 2 amide bonds. The van der Waals surface area contributed by atoms with E-state index in [1.807, 2.05) is 6.07 Å². The quantitative estimate of drug-likeness (QED) is 0.604. The fourth-order valence-corrected chi connectivity index (χ4v) is 5.51. The first-order chi connectivity index (χ1) is 10.2. The van der Waals surface area contributed by atoms with Gasteiger partial charge in [0.2, 0.25) is 11.8 Å². The SMILES string of the molecule is CN(C(=O)C1(Cl)CC1(Br)Br)C1CCN(c2ccc(Cl)s2)C1=O. The summed E-state index contributed by atoms with van der Waals surface area (Å²) >= 11 is 20.4. The zero-order chi connectivity index (χ0) is 16.3. The Balaban J connectivity index is 1.74. The van der Waals surface area contributed by atoms with Crippen molar-refractivity contribution in [1.82, 2.24) is 4.90 Å². The van der Waals surface area contributed by atoms with Gasteiger partial charge in [-0.1, -0.05) is 43.5 Å². The van der Waals surface area contributed by atoms with E-state index >= 15 is 0 Å². The maximum Gasteiger partial charge on any atom is 0.250 e. The highest BCUT2D eigenvalue weighted by atomic mass is 79.9. The van der Waals surface area contributed by atoms with Crippen LogP contribution in [0.4, 0.5) is 5.00 Å². The van der Waals surface area contributed by atoms with Crippen molar-refractivity contribution in [3.63, 3.8) is 0 Å². The lowest BCUT2D eigenvalue weighted by Crippen LogP contribution is -2.47. The molecule has 2 aliphatic rings. The molecule has 1 saturated heterocycles. The molecular weight excluding hydrogens is 479 g/mol. The Hall–Kier alpha value is 0.180. The van der Waals surface area contributed by atoms with Gasteiger partial charge in [-0.15, -0.1) is 22.9 Å². The molecule has 2 heterocycles. The molecular formula is C13H12Br2Cl2N2O2S. The molecule has 2 fully saturated rings. The van der Waals surface area contributed by atoms with Crippen LogP contribution >= 0.6 is 66.4 Å². The topological polar surface area (TPSA) is 40.6 Å². The van der Waals surface area contributed by atoms with Crippen LogP contribution in [0.2, 0.25) is 4.34 Å². The summed E-state index contributed by atoms with van der Waals surface area (Å²) in [4.78, 5) is 27.3. The number of carbonyl (C=O) groups is 2. The molecule has 4 nitrogen and oxygen atoms in total. The van der Waals surface area contributed by atoms with Crippen LogP contribution in [0.15, 0.2) is 12.1 Å². The van der Waals surface area contributed by atoms with E-state index in [9.17, 15) is 9.59 Å². The molecule has 0 radical (unpaired) electrons. The Kier molecular flexibility index (Phi) is 4.35. The number of hydrogen-bond donors (Lipinski definition) is 0. The second-order valence-corrected chi connectivity index (χ2v) is 11.6. The largest absolute Gasteiger partial charge is 0.332 e. The second kappa shape index (κ2) is 5.62. The van der Waals surface area contributed by atoms with Crippen molar-refractivity contribution in [3.8, 4) is 0 Å². The van der Waals surface area contributed by atoms with Crippen LogP contribution in [0, 0.1) is 0 Å². The van der Waals surface area contributed by atoms with Crippen LogP contribution in [0.5, 0.6) is 0 Å². The highest BCUT2D eigenvalue weighted by Crippen LogP contribution is 2.64. The van der Waals surface area contributed by atoms with E-state index in [0.717, 1.165) is 5.00 Å². The number of likely N-dealkylation sites (N-methyl/N-ethyl adjacent to an activating group) is 1. The number of amides is 2. The van der Waals surface area contributed by atoms with E-state index in [2.05, 4.69) is 31.9 Å². The van der Waals surface area contributed by atoms with Crippen molar-refractivity contribution < 1.29 is 9.59 Å². The van der Waals surface area contributed by atoms with Gasteiger partial charge in [0.15, 0.2) is 4.87 Å². The van der Waals surface area contributed by atoms with E-state index in [4.69, 9.17) is 23.2 Å². The Morgan fingerprint density at radius 2 is 2.14 bits per heavy atom. The summed E-state index contributed by atoms with van der Waals surface area (Å²) in [6.07, 6.45) is 1.07. The van der Waals surface area contributed by atoms with Gasteiger partial charge in [-0.25, -0.2) is 0 Å². The van der Waals surface area contributed by atoms with E-state index in [1.54, 1.807) is 18.0 Å². The number of carbonyl (C=O) groups excluding carboxylic acids is 2. The summed E-state index contributed by atoms with van der Waals surface area (Å²) in [5, 5.41) is 0.806. The van der Waals surface area contributed by atoms with Crippen LogP contribution < -0.4 is 4.90 Å². The summed E-state index contributed by atoms with van der Waals surface area (Å²) in [5.41, 5.74) is 0.